The van der Waals surface area contributed by atoms with Crippen molar-refractivity contribution in [1.29, 1.82) is 0 Å². The molecule has 0 aromatic carbocycles. The second-order valence-electron chi connectivity index (χ2n) is 2.38. The van der Waals surface area contributed by atoms with E-state index in [9.17, 15) is 4.79 Å². The summed E-state index contributed by atoms with van der Waals surface area (Å²) in [5.74, 6) is 0. The fraction of sp³-hybridized carbons (Fsp3) is 0.857. The molecule has 66 valence electrons. The van der Waals surface area contributed by atoms with Crippen molar-refractivity contribution in [3.05, 3.63) is 0 Å². The van der Waals surface area contributed by atoms with E-state index in [-0.39, 0.29) is 0 Å². The van der Waals surface area contributed by atoms with Gasteiger partial charge in [-0.3, -0.25) is 4.79 Å². The average molecular weight is 161 g/mol. The van der Waals surface area contributed by atoms with Crippen LogP contribution in [0.3, 0.4) is 0 Å². The topological polar surface area (TPSA) is 38.8 Å². The van der Waals surface area contributed by atoms with E-state index in [1.807, 2.05) is 19.0 Å². The highest BCUT2D eigenvalue weighted by Gasteiger charge is 1.90. The molecule has 4 nitrogen and oxygen atoms in total. The summed E-state index contributed by atoms with van der Waals surface area (Å²) in [7, 11) is 3.95. The first-order valence-corrected chi connectivity index (χ1v) is 3.55. The Balaban J connectivity index is 2.85. The van der Waals surface area contributed by atoms with Gasteiger partial charge in [-0.05, 0) is 14.1 Å². The number of carbonyl (C=O) groups is 1. The maximum Gasteiger partial charge on any atom is 0.293 e. The van der Waals surface area contributed by atoms with Crippen LogP contribution in [0, 0.1) is 0 Å². The first kappa shape index (κ1) is 10.4. The standard InChI is InChI=1S/C7H15NO3/c1-8(2)3-4-10-5-6-11-7-9/h7H,3-6H2,1-2H3. The zero-order chi connectivity index (χ0) is 8.53. The number of hydrogen-bond acceptors (Lipinski definition) is 4. The van der Waals surface area contributed by atoms with Crippen molar-refractivity contribution >= 4 is 6.47 Å². The minimum absolute atomic E-state index is 0.344. The van der Waals surface area contributed by atoms with E-state index in [0.29, 0.717) is 26.3 Å². The van der Waals surface area contributed by atoms with Crippen LogP contribution in [0.2, 0.25) is 0 Å². The Bertz CT molecular complexity index is 95.7. The van der Waals surface area contributed by atoms with Gasteiger partial charge in [0.1, 0.15) is 6.61 Å². The van der Waals surface area contributed by atoms with Crippen LogP contribution in [0.15, 0.2) is 0 Å². The fourth-order valence-electron chi connectivity index (χ4n) is 0.504. The second kappa shape index (κ2) is 7.50. The number of carbonyl (C=O) groups excluding carboxylic acids is 1. The number of rotatable bonds is 7. The monoisotopic (exact) mass is 161 g/mol. The predicted octanol–water partition coefficient (Wildman–Crippen LogP) is -0.262. The third-order valence-electron chi connectivity index (χ3n) is 1.10. The summed E-state index contributed by atoms with van der Waals surface area (Å²) in [4.78, 5) is 11.7. The number of hydrogen-bond donors (Lipinski definition) is 0. The van der Waals surface area contributed by atoms with Crippen LogP contribution < -0.4 is 0 Å². The van der Waals surface area contributed by atoms with Crippen LogP contribution in [-0.4, -0.2) is 51.8 Å². The van der Waals surface area contributed by atoms with E-state index in [0.717, 1.165) is 6.54 Å². The third-order valence-corrected chi connectivity index (χ3v) is 1.10. The molecular formula is C7H15NO3. The molecule has 0 amide bonds. The molecule has 0 spiro atoms. The Morgan fingerprint density at radius 1 is 1.27 bits per heavy atom. The van der Waals surface area contributed by atoms with Gasteiger partial charge >= 0.3 is 0 Å². The number of nitrogens with zero attached hydrogens (tertiary/aromatic N) is 1. The lowest BCUT2D eigenvalue weighted by atomic mass is 10.6. The maximum absolute atomic E-state index is 9.66. The largest absolute Gasteiger partial charge is 0.465 e. The molecule has 0 fully saturated rings. The summed E-state index contributed by atoms with van der Waals surface area (Å²) in [6.45, 7) is 2.81. The zero-order valence-electron chi connectivity index (χ0n) is 7.08. The molecule has 0 aromatic heterocycles. The molecule has 0 radical (unpaired) electrons. The van der Waals surface area contributed by atoms with Crippen molar-refractivity contribution in [3.8, 4) is 0 Å². The Morgan fingerprint density at radius 3 is 2.55 bits per heavy atom. The van der Waals surface area contributed by atoms with E-state index >= 15 is 0 Å². The highest BCUT2D eigenvalue weighted by Crippen LogP contribution is 1.78. The van der Waals surface area contributed by atoms with Crippen LogP contribution in [0.1, 0.15) is 0 Å². The van der Waals surface area contributed by atoms with Gasteiger partial charge in [-0.2, -0.15) is 0 Å². The first-order valence-electron chi connectivity index (χ1n) is 3.55. The van der Waals surface area contributed by atoms with Crippen LogP contribution in [0.5, 0.6) is 0 Å². The molecule has 0 atom stereocenters. The molecular weight excluding hydrogens is 146 g/mol. The summed E-state index contributed by atoms with van der Waals surface area (Å²) in [5.41, 5.74) is 0. The highest BCUT2D eigenvalue weighted by molar-refractivity contribution is 5.36. The summed E-state index contributed by atoms with van der Waals surface area (Å²) in [5, 5.41) is 0. The third kappa shape index (κ3) is 9.39. The Labute approximate surface area is 67.1 Å². The lowest BCUT2D eigenvalue weighted by Gasteiger charge is -2.08. The van der Waals surface area contributed by atoms with Crippen molar-refractivity contribution in [2.45, 2.75) is 0 Å². The highest BCUT2D eigenvalue weighted by atomic mass is 16.5. The summed E-state index contributed by atoms with van der Waals surface area (Å²) < 4.78 is 9.54. The van der Waals surface area contributed by atoms with E-state index < -0.39 is 0 Å². The molecule has 0 unspecified atom stereocenters. The Hall–Kier alpha value is -0.610. The number of ether oxygens (including phenoxy) is 2. The molecule has 0 aliphatic rings. The Kier molecular flexibility index (Phi) is 7.08. The van der Waals surface area contributed by atoms with E-state index in [1.165, 1.54) is 0 Å². The van der Waals surface area contributed by atoms with E-state index in [1.54, 1.807) is 0 Å². The minimum Gasteiger partial charge on any atom is -0.465 e. The van der Waals surface area contributed by atoms with E-state index in [2.05, 4.69) is 4.74 Å². The molecule has 0 aromatic rings. The quantitative estimate of drug-likeness (QED) is 0.381. The van der Waals surface area contributed by atoms with Crippen molar-refractivity contribution in [3.63, 3.8) is 0 Å². The minimum atomic E-state index is 0.344. The summed E-state index contributed by atoms with van der Waals surface area (Å²) in [6.07, 6.45) is 0. The van der Waals surface area contributed by atoms with Gasteiger partial charge < -0.3 is 14.4 Å². The Morgan fingerprint density at radius 2 is 2.00 bits per heavy atom. The molecule has 11 heavy (non-hydrogen) atoms. The molecule has 4 heteroatoms. The first-order chi connectivity index (χ1) is 5.27. The predicted molar refractivity (Wildman–Crippen MR) is 41.4 cm³/mol. The van der Waals surface area contributed by atoms with Crippen LogP contribution in [-0.2, 0) is 14.3 Å². The fourth-order valence-corrected chi connectivity index (χ4v) is 0.504. The molecule has 0 rings (SSSR count). The normalized spacial score (nSPS) is 10.1. The van der Waals surface area contributed by atoms with Gasteiger partial charge in [0.2, 0.25) is 0 Å². The summed E-state index contributed by atoms with van der Waals surface area (Å²) >= 11 is 0. The lowest BCUT2D eigenvalue weighted by Crippen LogP contribution is -2.19. The zero-order valence-corrected chi connectivity index (χ0v) is 7.08. The number of likely N-dealkylation sites (N-methyl/N-ethyl adjacent to an activating group) is 1. The summed E-state index contributed by atoms with van der Waals surface area (Å²) in [6, 6.07) is 0. The van der Waals surface area contributed by atoms with Crippen molar-refractivity contribution < 1.29 is 14.3 Å². The molecule has 0 saturated carbocycles. The maximum atomic E-state index is 9.66. The SMILES string of the molecule is CN(C)CCOCCOC=O. The van der Waals surface area contributed by atoms with Crippen molar-refractivity contribution in [1.82, 2.24) is 4.90 Å². The molecule has 0 heterocycles. The van der Waals surface area contributed by atoms with E-state index in [4.69, 9.17) is 4.74 Å². The average Bonchev–Trinajstić information content (AvgIpc) is 1.96. The van der Waals surface area contributed by atoms with Crippen LogP contribution in [0.4, 0.5) is 0 Å². The van der Waals surface area contributed by atoms with Gasteiger partial charge in [-0.25, -0.2) is 0 Å². The molecule has 0 aliphatic heterocycles. The van der Waals surface area contributed by atoms with Gasteiger partial charge in [-0.1, -0.05) is 0 Å². The smallest absolute Gasteiger partial charge is 0.293 e. The second-order valence-corrected chi connectivity index (χ2v) is 2.38. The van der Waals surface area contributed by atoms with Gasteiger partial charge in [0.05, 0.1) is 13.2 Å². The molecule has 0 aliphatic carbocycles. The van der Waals surface area contributed by atoms with Crippen molar-refractivity contribution in [2.24, 2.45) is 0 Å². The lowest BCUT2D eigenvalue weighted by molar-refractivity contribution is -0.130. The van der Waals surface area contributed by atoms with Gasteiger partial charge in [0.15, 0.2) is 0 Å². The molecule has 0 bridgehead atoms. The van der Waals surface area contributed by atoms with Gasteiger partial charge in [0, 0.05) is 6.54 Å². The van der Waals surface area contributed by atoms with Crippen molar-refractivity contribution in [2.75, 3.05) is 40.5 Å². The molecule has 0 saturated heterocycles. The van der Waals surface area contributed by atoms with Gasteiger partial charge in [0.25, 0.3) is 6.47 Å². The van der Waals surface area contributed by atoms with Crippen LogP contribution >= 0.6 is 0 Å². The van der Waals surface area contributed by atoms with Gasteiger partial charge in [-0.15, -0.1) is 0 Å². The molecule has 0 N–H and O–H groups in total. The van der Waals surface area contributed by atoms with Crippen LogP contribution in [0.25, 0.3) is 0 Å².